The van der Waals surface area contributed by atoms with E-state index in [1.54, 1.807) is 11.6 Å². The second-order valence-electron chi connectivity index (χ2n) is 10.1. The van der Waals surface area contributed by atoms with E-state index in [2.05, 4.69) is 63.1 Å². The number of aromatic nitrogens is 2. The predicted molar refractivity (Wildman–Crippen MR) is 139 cm³/mol. The van der Waals surface area contributed by atoms with Crippen LogP contribution >= 0.6 is 0 Å². The van der Waals surface area contributed by atoms with Crippen LogP contribution < -0.4 is 10.6 Å². The van der Waals surface area contributed by atoms with Crippen molar-refractivity contribution in [3.8, 4) is 16.9 Å². The third-order valence-electron chi connectivity index (χ3n) is 7.59. The monoisotopic (exact) mass is 464 g/mol. The van der Waals surface area contributed by atoms with Crippen LogP contribution in [0, 0.1) is 0 Å². The van der Waals surface area contributed by atoms with Gasteiger partial charge in [-0.25, -0.2) is 0 Å². The average Bonchev–Trinajstić information content (AvgIpc) is 3.68. The first kappa shape index (κ1) is 22.2. The summed E-state index contributed by atoms with van der Waals surface area (Å²) in [5.74, 6) is 0.254. The fourth-order valence-electron chi connectivity index (χ4n) is 5.92. The summed E-state index contributed by atoms with van der Waals surface area (Å²) in [5.41, 5.74) is 7.86. The van der Waals surface area contributed by atoms with Gasteiger partial charge in [0.05, 0.1) is 6.20 Å². The molecule has 0 aliphatic carbocycles. The Morgan fingerprint density at radius 3 is 1.83 bits per heavy atom. The van der Waals surface area contributed by atoms with Crippen LogP contribution in [0.5, 0.6) is 5.75 Å². The van der Waals surface area contributed by atoms with E-state index in [1.165, 1.54) is 54.1 Å². The lowest BCUT2D eigenvalue weighted by atomic mass is 9.93. The van der Waals surface area contributed by atoms with Crippen LogP contribution in [0.15, 0.2) is 90.6 Å². The van der Waals surface area contributed by atoms with E-state index >= 15 is 0 Å². The second-order valence-corrected chi connectivity index (χ2v) is 10.1. The van der Waals surface area contributed by atoms with Crippen molar-refractivity contribution >= 4 is 0 Å². The zero-order valence-electron chi connectivity index (χ0n) is 19.9. The van der Waals surface area contributed by atoms with E-state index in [0.717, 1.165) is 18.4 Å². The topological polar surface area (TPSA) is 70.1 Å². The van der Waals surface area contributed by atoms with Crippen LogP contribution in [0.25, 0.3) is 11.1 Å². The summed E-state index contributed by atoms with van der Waals surface area (Å²) in [6.07, 6.45) is 19.1. The van der Waals surface area contributed by atoms with Crippen molar-refractivity contribution in [2.24, 2.45) is 0 Å². The maximum Gasteiger partial charge on any atom is 0.134 e. The fraction of sp³-hybridized carbons (Fsp3) is 0.333. The molecule has 0 amide bonds. The molecule has 5 nitrogen and oxygen atoms in total. The molecule has 178 valence electrons. The average molecular weight is 465 g/mol. The largest absolute Gasteiger partial charge is 0.506 e. The molecule has 6 heterocycles. The maximum absolute atomic E-state index is 9.32. The van der Waals surface area contributed by atoms with Crippen molar-refractivity contribution < 1.29 is 5.11 Å². The van der Waals surface area contributed by atoms with Crippen LogP contribution in [-0.4, -0.2) is 39.2 Å². The van der Waals surface area contributed by atoms with Gasteiger partial charge in [-0.3, -0.25) is 9.97 Å². The molecule has 4 atom stereocenters. The molecule has 2 fully saturated rings. The minimum absolute atomic E-state index is 0.254. The highest BCUT2D eigenvalue weighted by Gasteiger charge is 2.32. The number of pyridine rings is 2. The molecule has 2 saturated heterocycles. The van der Waals surface area contributed by atoms with E-state index in [1.807, 2.05) is 24.7 Å². The van der Waals surface area contributed by atoms with Gasteiger partial charge in [-0.2, -0.15) is 0 Å². The smallest absolute Gasteiger partial charge is 0.134 e. The Hall–Kier alpha value is -3.28. The Morgan fingerprint density at radius 1 is 0.686 bits per heavy atom. The van der Waals surface area contributed by atoms with Gasteiger partial charge < -0.3 is 15.7 Å². The van der Waals surface area contributed by atoms with Gasteiger partial charge in [0.25, 0.3) is 0 Å². The van der Waals surface area contributed by atoms with Gasteiger partial charge in [0.1, 0.15) is 5.75 Å². The summed E-state index contributed by atoms with van der Waals surface area (Å²) >= 11 is 0. The third-order valence-corrected chi connectivity index (χ3v) is 7.59. The zero-order chi connectivity index (χ0) is 23.6. The summed E-state index contributed by atoms with van der Waals surface area (Å²) in [7, 11) is 0. The molecule has 0 radical (unpaired) electrons. The summed E-state index contributed by atoms with van der Waals surface area (Å²) < 4.78 is 0. The SMILES string of the molecule is C1=C(Cc2cncc(-c3ccccc3)c2)C2CCC1N2.Oc1cncc(CC2=CC3CCC2N3)c1. The number of nitrogens with one attached hydrogen (secondary N) is 2. The highest BCUT2D eigenvalue weighted by molar-refractivity contribution is 5.63. The number of aromatic hydroxyl groups is 1. The van der Waals surface area contributed by atoms with Gasteiger partial charge in [0.15, 0.2) is 0 Å². The molecular formula is C30H32N4O. The van der Waals surface area contributed by atoms with Crippen molar-refractivity contribution in [2.45, 2.75) is 62.7 Å². The minimum atomic E-state index is 0.254. The Balaban J connectivity index is 0.000000136. The van der Waals surface area contributed by atoms with Crippen LogP contribution in [0.1, 0.15) is 36.8 Å². The van der Waals surface area contributed by atoms with Crippen molar-refractivity contribution in [3.05, 3.63) is 102 Å². The summed E-state index contributed by atoms with van der Waals surface area (Å²) in [5, 5.41) is 16.5. The lowest BCUT2D eigenvalue weighted by molar-refractivity contribution is 0.472. The molecule has 7 rings (SSSR count). The number of benzene rings is 1. The van der Waals surface area contributed by atoms with Crippen LogP contribution in [0.3, 0.4) is 0 Å². The molecule has 5 heteroatoms. The quantitative estimate of drug-likeness (QED) is 0.476. The number of hydrogen-bond donors (Lipinski definition) is 3. The maximum atomic E-state index is 9.32. The molecule has 4 bridgehead atoms. The standard InChI is InChI=1S/C18H18N2.C12H14N2O/c1-2-4-14(5-3-1)16-9-13(11-19-12-16)8-15-10-17-6-7-18(15)20-17;15-11-4-8(6-13-7-11)3-9-5-10-1-2-12(9)14-10/h1-5,9-12,17-18,20H,6-8H2;4-7,10,12,14-15H,1-3H2. The number of rotatable bonds is 5. The Bertz CT molecular complexity index is 1250. The van der Waals surface area contributed by atoms with Crippen molar-refractivity contribution in [2.75, 3.05) is 0 Å². The number of nitrogens with zero attached hydrogens (tertiary/aromatic N) is 2. The molecule has 3 N–H and O–H groups in total. The normalized spacial score (nSPS) is 25.7. The first-order valence-electron chi connectivity index (χ1n) is 12.7. The van der Waals surface area contributed by atoms with E-state index in [4.69, 9.17) is 0 Å². The van der Waals surface area contributed by atoms with Crippen LogP contribution in [0.2, 0.25) is 0 Å². The number of fused-ring (bicyclic) bond motifs is 4. The molecule has 0 spiro atoms. The first-order valence-corrected chi connectivity index (χ1v) is 12.7. The van der Waals surface area contributed by atoms with Crippen molar-refractivity contribution in [1.29, 1.82) is 0 Å². The minimum Gasteiger partial charge on any atom is -0.506 e. The van der Waals surface area contributed by atoms with Crippen LogP contribution in [-0.2, 0) is 12.8 Å². The molecule has 2 aromatic heterocycles. The van der Waals surface area contributed by atoms with Gasteiger partial charge in [-0.1, -0.05) is 53.6 Å². The van der Waals surface area contributed by atoms with Crippen molar-refractivity contribution in [3.63, 3.8) is 0 Å². The van der Waals surface area contributed by atoms with Gasteiger partial charge in [0, 0.05) is 48.3 Å². The van der Waals surface area contributed by atoms with Crippen LogP contribution in [0.4, 0.5) is 0 Å². The third kappa shape index (κ3) is 5.07. The molecule has 0 saturated carbocycles. The summed E-state index contributed by atoms with van der Waals surface area (Å²) in [4.78, 5) is 8.41. The molecule has 1 aromatic carbocycles. The highest BCUT2D eigenvalue weighted by Crippen LogP contribution is 2.31. The van der Waals surface area contributed by atoms with Gasteiger partial charge >= 0.3 is 0 Å². The zero-order valence-corrected chi connectivity index (χ0v) is 19.9. The lowest BCUT2D eigenvalue weighted by Crippen LogP contribution is -2.22. The Morgan fingerprint density at radius 2 is 1.29 bits per heavy atom. The lowest BCUT2D eigenvalue weighted by Gasteiger charge is -2.12. The van der Waals surface area contributed by atoms with E-state index in [9.17, 15) is 5.11 Å². The molecule has 4 aliphatic rings. The molecule has 4 aliphatic heterocycles. The van der Waals surface area contributed by atoms with E-state index in [0.29, 0.717) is 24.2 Å². The van der Waals surface area contributed by atoms with E-state index < -0.39 is 0 Å². The summed E-state index contributed by atoms with van der Waals surface area (Å²) in [6, 6.07) is 16.9. The summed E-state index contributed by atoms with van der Waals surface area (Å²) in [6.45, 7) is 0. The van der Waals surface area contributed by atoms with Crippen molar-refractivity contribution in [1.82, 2.24) is 20.6 Å². The molecule has 4 unspecified atom stereocenters. The highest BCUT2D eigenvalue weighted by atomic mass is 16.3. The molecule has 35 heavy (non-hydrogen) atoms. The molecule has 3 aromatic rings. The Kier molecular flexibility index (Phi) is 6.19. The van der Waals surface area contributed by atoms with Gasteiger partial charge in [-0.15, -0.1) is 0 Å². The van der Waals surface area contributed by atoms with E-state index in [-0.39, 0.29) is 5.75 Å². The fourth-order valence-corrected chi connectivity index (χ4v) is 5.92. The first-order chi connectivity index (χ1) is 17.2. The predicted octanol–water partition coefficient (Wildman–Crippen LogP) is 4.74. The number of hydrogen-bond acceptors (Lipinski definition) is 5. The second kappa shape index (κ2) is 9.76. The van der Waals surface area contributed by atoms with Gasteiger partial charge in [-0.05, 0) is 67.3 Å². The molecular weight excluding hydrogens is 432 g/mol. The Labute approximate surface area is 207 Å². The van der Waals surface area contributed by atoms with Gasteiger partial charge in [0.2, 0.25) is 0 Å².